The number of carbonyl (C=O) groups excluding carboxylic acids is 2. The summed E-state index contributed by atoms with van der Waals surface area (Å²) in [6.07, 6.45) is 1.62. The molecule has 0 atom stereocenters. The number of hydrogen-bond acceptors (Lipinski definition) is 5. The Bertz CT molecular complexity index is 925. The first-order valence-corrected chi connectivity index (χ1v) is 9.42. The lowest BCUT2D eigenvalue weighted by Gasteiger charge is -2.14. The Kier molecular flexibility index (Phi) is 5.99. The largest absolute Gasteiger partial charge is 0.497 e. The van der Waals surface area contributed by atoms with Gasteiger partial charge in [-0.15, -0.1) is 0 Å². The van der Waals surface area contributed by atoms with E-state index in [1.165, 1.54) is 7.11 Å². The van der Waals surface area contributed by atoms with E-state index < -0.39 is 5.91 Å². The monoisotopic (exact) mass is 423 g/mol. The molecule has 5 nitrogen and oxygen atoms in total. The average Bonchev–Trinajstić information content (AvgIpc) is 2.92. The molecule has 1 fully saturated rings. The molecule has 0 radical (unpaired) electrons. The molecule has 0 spiro atoms. The van der Waals surface area contributed by atoms with Crippen LogP contribution in [0.2, 0.25) is 10.0 Å². The molecule has 1 saturated heterocycles. The highest BCUT2D eigenvalue weighted by molar-refractivity contribution is 8.18. The van der Waals surface area contributed by atoms with Gasteiger partial charge in [0.1, 0.15) is 11.5 Å². The highest BCUT2D eigenvalue weighted by Crippen LogP contribution is 2.37. The second-order valence-electron chi connectivity index (χ2n) is 5.58. The summed E-state index contributed by atoms with van der Waals surface area (Å²) in [5.74, 6) is 0.764. The molecule has 1 heterocycles. The number of hydrogen-bond donors (Lipinski definition) is 0. The summed E-state index contributed by atoms with van der Waals surface area (Å²) in [6, 6.07) is 10.3. The Hall–Kier alpha value is -2.15. The fourth-order valence-electron chi connectivity index (χ4n) is 2.56. The second-order valence-corrected chi connectivity index (χ2v) is 7.38. The summed E-state index contributed by atoms with van der Waals surface area (Å²) >= 11 is 13.2. The van der Waals surface area contributed by atoms with E-state index in [2.05, 4.69) is 0 Å². The first kappa shape index (κ1) is 19.6. The van der Waals surface area contributed by atoms with Crippen molar-refractivity contribution in [3.63, 3.8) is 0 Å². The van der Waals surface area contributed by atoms with Crippen molar-refractivity contribution in [1.29, 1.82) is 0 Å². The molecule has 0 bridgehead atoms. The molecule has 2 aromatic carbocycles. The summed E-state index contributed by atoms with van der Waals surface area (Å²) in [6.45, 7) is 0.0141. The van der Waals surface area contributed by atoms with Crippen LogP contribution in [0.25, 0.3) is 6.08 Å². The molecule has 0 saturated carbocycles. The molecule has 1 aliphatic rings. The van der Waals surface area contributed by atoms with Gasteiger partial charge in [0.2, 0.25) is 0 Å². The summed E-state index contributed by atoms with van der Waals surface area (Å²) in [5, 5.41) is 0.430. The van der Waals surface area contributed by atoms with Crippen molar-refractivity contribution in [2.24, 2.45) is 0 Å². The smallest absolute Gasteiger partial charge is 0.293 e. The van der Waals surface area contributed by atoms with Gasteiger partial charge in [-0.05, 0) is 42.1 Å². The van der Waals surface area contributed by atoms with Gasteiger partial charge >= 0.3 is 0 Å². The number of ether oxygens (including phenoxy) is 2. The van der Waals surface area contributed by atoms with E-state index >= 15 is 0 Å². The van der Waals surface area contributed by atoms with E-state index in [0.717, 1.165) is 16.7 Å². The zero-order valence-electron chi connectivity index (χ0n) is 14.5. The lowest BCUT2D eigenvalue weighted by molar-refractivity contribution is -0.123. The van der Waals surface area contributed by atoms with Gasteiger partial charge < -0.3 is 9.47 Å². The van der Waals surface area contributed by atoms with E-state index in [4.69, 9.17) is 32.7 Å². The van der Waals surface area contributed by atoms with Crippen molar-refractivity contribution >= 4 is 52.2 Å². The predicted molar refractivity (Wildman–Crippen MR) is 108 cm³/mol. The maximum absolute atomic E-state index is 12.7. The maximum Gasteiger partial charge on any atom is 0.293 e. The summed E-state index contributed by atoms with van der Waals surface area (Å²) < 4.78 is 10.5. The molecular weight excluding hydrogens is 409 g/mol. The fourth-order valence-corrected chi connectivity index (χ4v) is 3.90. The van der Waals surface area contributed by atoms with Crippen LogP contribution < -0.4 is 9.47 Å². The van der Waals surface area contributed by atoms with Crippen LogP contribution in [-0.2, 0) is 11.3 Å². The SMILES string of the molecule is COc1ccc(/C=C2\SC(=O)N(Cc3c(Cl)cccc3Cl)C2=O)c(OC)c1. The minimum atomic E-state index is -0.404. The van der Waals surface area contributed by atoms with Gasteiger partial charge in [-0.3, -0.25) is 14.5 Å². The van der Waals surface area contributed by atoms with Crippen LogP contribution in [0.4, 0.5) is 4.79 Å². The maximum atomic E-state index is 12.7. The highest BCUT2D eigenvalue weighted by Gasteiger charge is 2.35. The highest BCUT2D eigenvalue weighted by atomic mass is 35.5. The van der Waals surface area contributed by atoms with E-state index in [-0.39, 0.29) is 11.8 Å². The molecule has 2 amide bonds. The average molecular weight is 424 g/mol. The third-order valence-electron chi connectivity index (χ3n) is 3.98. The van der Waals surface area contributed by atoms with Crippen LogP contribution in [0.3, 0.4) is 0 Å². The molecule has 0 N–H and O–H groups in total. The molecule has 8 heteroatoms. The number of benzene rings is 2. The van der Waals surface area contributed by atoms with Crippen LogP contribution in [0, 0.1) is 0 Å². The van der Waals surface area contributed by atoms with E-state index in [0.29, 0.717) is 37.6 Å². The lowest BCUT2D eigenvalue weighted by atomic mass is 10.1. The van der Waals surface area contributed by atoms with Crippen molar-refractivity contribution in [3.05, 3.63) is 62.5 Å². The first-order valence-electron chi connectivity index (χ1n) is 7.85. The third-order valence-corrected chi connectivity index (χ3v) is 5.59. The van der Waals surface area contributed by atoms with Gasteiger partial charge in [0, 0.05) is 27.2 Å². The van der Waals surface area contributed by atoms with Crippen LogP contribution in [0.15, 0.2) is 41.3 Å². The second kappa shape index (κ2) is 8.25. The van der Waals surface area contributed by atoms with Crippen molar-refractivity contribution in [3.8, 4) is 11.5 Å². The zero-order chi connectivity index (χ0) is 19.6. The number of nitrogens with zero attached hydrogens (tertiary/aromatic N) is 1. The molecule has 2 aromatic rings. The Morgan fingerprint density at radius 3 is 2.41 bits per heavy atom. The van der Waals surface area contributed by atoms with Crippen LogP contribution in [-0.4, -0.2) is 30.3 Å². The van der Waals surface area contributed by atoms with Gasteiger partial charge in [-0.1, -0.05) is 29.3 Å². The Morgan fingerprint density at radius 2 is 1.78 bits per heavy atom. The van der Waals surface area contributed by atoms with Gasteiger partial charge in [0.25, 0.3) is 11.1 Å². The molecule has 140 valence electrons. The van der Waals surface area contributed by atoms with E-state index in [1.807, 2.05) is 0 Å². The fraction of sp³-hybridized carbons (Fsp3) is 0.158. The number of thioether (sulfide) groups is 1. The van der Waals surface area contributed by atoms with Crippen molar-refractivity contribution in [2.75, 3.05) is 14.2 Å². The number of rotatable bonds is 5. The number of methoxy groups -OCH3 is 2. The molecule has 0 aliphatic carbocycles. The normalized spacial score (nSPS) is 15.6. The number of halogens is 2. The Balaban J connectivity index is 1.89. The molecule has 0 unspecified atom stereocenters. The van der Waals surface area contributed by atoms with Crippen LogP contribution >= 0.6 is 35.0 Å². The summed E-state index contributed by atoms with van der Waals surface area (Å²) in [5.41, 5.74) is 1.20. The van der Waals surface area contributed by atoms with E-state index in [1.54, 1.807) is 49.6 Å². The topological polar surface area (TPSA) is 55.8 Å². The van der Waals surface area contributed by atoms with E-state index in [9.17, 15) is 9.59 Å². The standard InChI is InChI=1S/C19H15Cl2NO4S/c1-25-12-7-6-11(16(9-12)26-2)8-17-18(23)22(19(24)27-17)10-13-14(20)4-3-5-15(13)21/h3-9H,10H2,1-2H3/b17-8-. The minimum Gasteiger partial charge on any atom is -0.497 e. The third kappa shape index (κ3) is 4.08. The zero-order valence-corrected chi connectivity index (χ0v) is 16.8. The molecule has 1 aliphatic heterocycles. The lowest BCUT2D eigenvalue weighted by Crippen LogP contribution is -2.27. The number of carbonyl (C=O) groups is 2. The predicted octanol–water partition coefficient (Wildman–Crippen LogP) is 5.25. The van der Waals surface area contributed by atoms with Gasteiger partial charge in [0.15, 0.2) is 0 Å². The molecule has 0 aromatic heterocycles. The van der Waals surface area contributed by atoms with Gasteiger partial charge in [-0.25, -0.2) is 0 Å². The number of amides is 2. The van der Waals surface area contributed by atoms with Crippen molar-refractivity contribution in [1.82, 2.24) is 4.90 Å². The molecule has 27 heavy (non-hydrogen) atoms. The quantitative estimate of drug-likeness (QED) is 0.614. The molecular formula is C19H15Cl2NO4S. The minimum absolute atomic E-state index is 0.0141. The summed E-state index contributed by atoms with van der Waals surface area (Å²) in [4.78, 5) is 26.5. The van der Waals surface area contributed by atoms with Crippen LogP contribution in [0.1, 0.15) is 11.1 Å². The van der Waals surface area contributed by atoms with Gasteiger partial charge in [0.05, 0.1) is 25.7 Å². The number of imide groups is 1. The van der Waals surface area contributed by atoms with Crippen LogP contribution in [0.5, 0.6) is 11.5 Å². The Morgan fingerprint density at radius 1 is 1.07 bits per heavy atom. The van der Waals surface area contributed by atoms with Crippen molar-refractivity contribution in [2.45, 2.75) is 6.54 Å². The first-order chi connectivity index (χ1) is 12.9. The van der Waals surface area contributed by atoms with Crippen molar-refractivity contribution < 1.29 is 19.1 Å². The summed E-state index contributed by atoms with van der Waals surface area (Å²) in [7, 11) is 3.08. The van der Waals surface area contributed by atoms with Gasteiger partial charge in [-0.2, -0.15) is 0 Å². The molecule has 3 rings (SSSR count). The Labute approximate surface area is 170 Å².